The van der Waals surface area contributed by atoms with Gasteiger partial charge in [0, 0.05) is 15.9 Å². The molecule has 1 heterocycles. The lowest BCUT2D eigenvalue weighted by Gasteiger charge is -1.92. The smallest absolute Gasteiger partial charge is 0.0409 e. The standard InChI is InChI=1S/C9H12BrNS/c1-2-11-6-3-4-9-8(10)5-7-12-9/h3-5,7,11H,2,6H2,1H3/b4-3+. The molecule has 0 aliphatic rings. The van der Waals surface area contributed by atoms with Crippen molar-refractivity contribution in [3.63, 3.8) is 0 Å². The first-order chi connectivity index (χ1) is 5.84. The zero-order chi connectivity index (χ0) is 8.81. The Hall–Kier alpha value is -0.120. The van der Waals surface area contributed by atoms with Crippen molar-refractivity contribution >= 4 is 33.3 Å². The van der Waals surface area contributed by atoms with Crippen molar-refractivity contribution in [3.8, 4) is 0 Å². The summed E-state index contributed by atoms with van der Waals surface area (Å²) in [6.07, 6.45) is 4.28. The van der Waals surface area contributed by atoms with E-state index in [1.807, 2.05) is 0 Å². The van der Waals surface area contributed by atoms with Crippen LogP contribution in [0.15, 0.2) is 22.0 Å². The Morgan fingerprint density at radius 3 is 3.08 bits per heavy atom. The maximum absolute atomic E-state index is 3.47. The van der Waals surface area contributed by atoms with Gasteiger partial charge in [0.05, 0.1) is 0 Å². The number of thiophene rings is 1. The molecule has 0 saturated heterocycles. The number of rotatable bonds is 4. The van der Waals surface area contributed by atoms with Gasteiger partial charge in [0.2, 0.25) is 0 Å². The summed E-state index contributed by atoms with van der Waals surface area (Å²) < 4.78 is 1.18. The van der Waals surface area contributed by atoms with Gasteiger partial charge in [0.15, 0.2) is 0 Å². The van der Waals surface area contributed by atoms with Crippen molar-refractivity contribution in [1.82, 2.24) is 5.32 Å². The second-order valence-electron chi connectivity index (χ2n) is 2.34. The van der Waals surface area contributed by atoms with E-state index in [1.54, 1.807) is 11.3 Å². The molecule has 0 atom stereocenters. The highest BCUT2D eigenvalue weighted by Crippen LogP contribution is 2.23. The van der Waals surface area contributed by atoms with Crippen molar-refractivity contribution in [1.29, 1.82) is 0 Å². The molecule has 0 saturated carbocycles. The van der Waals surface area contributed by atoms with Crippen LogP contribution in [0.4, 0.5) is 0 Å². The van der Waals surface area contributed by atoms with Crippen LogP contribution in [0.25, 0.3) is 6.08 Å². The predicted molar refractivity (Wildman–Crippen MR) is 59.6 cm³/mol. The minimum absolute atomic E-state index is 0.945. The summed E-state index contributed by atoms with van der Waals surface area (Å²) >= 11 is 5.22. The van der Waals surface area contributed by atoms with Crippen LogP contribution >= 0.6 is 27.3 Å². The van der Waals surface area contributed by atoms with Crippen LogP contribution in [0.3, 0.4) is 0 Å². The first-order valence-corrected chi connectivity index (χ1v) is 5.62. The van der Waals surface area contributed by atoms with Crippen molar-refractivity contribution in [2.75, 3.05) is 13.1 Å². The Kier molecular flexibility index (Phi) is 4.58. The Balaban J connectivity index is 2.41. The molecule has 12 heavy (non-hydrogen) atoms. The van der Waals surface area contributed by atoms with Crippen LogP contribution in [0.1, 0.15) is 11.8 Å². The van der Waals surface area contributed by atoms with Crippen LogP contribution in [-0.4, -0.2) is 13.1 Å². The molecule has 0 amide bonds. The monoisotopic (exact) mass is 245 g/mol. The van der Waals surface area contributed by atoms with E-state index in [1.165, 1.54) is 9.35 Å². The fourth-order valence-corrected chi connectivity index (χ4v) is 2.24. The molecule has 66 valence electrons. The van der Waals surface area contributed by atoms with Crippen LogP contribution in [0.5, 0.6) is 0 Å². The lowest BCUT2D eigenvalue weighted by Crippen LogP contribution is -2.11. The second kappa shape index (κ2) is 5.51. The number of likely N-dealkylation sites (N-methyl/N-ethyl adjacent to an activating group) is 1. The fourth-order valence-electron chi connectivity index (χ4n) is 0.818. The van der Waals surface area contributed by atoms with Gasteiger partial charge in [0.1, 0.15) is 0 Å². The molecule has 0 bridgehead atoms. The number of hydrogen-bond donors (Lipinski definition) is 1. The van der Waals surface area contributed by atoms with Crippen LogP contribution in [-0.2, 0) is 0 Å². The molecule has 1 rings (SSSR count). The SMILES string of the molecule is CCNC/C=C/c1sccc1Br. The van der Waals surface area contributed by atoms with E-state index in [4.69, 9.17) is 0 Å². The Morgan fingerprint density at radius 1 is 1.67 bits per heavy atom. The fraction of sp³-hybridized carbons (Fsp3) is 0.333. The minimum Gasteiger partial charge on any atom is -0.314 e. The third-order valence-corrected chi connectivity index (χ3v) is 3.26. The van der Waals surface area contributed by atoms with Gasteiger partial charge in [-0.3, -0.25) is 0 Å². The minimum atomic E-state index is 0.945. The number of nitrogens with one attached hydrogen (secondary N) is 1. The van der Waals surface area contributed by atoms with E-state index in [-0.39, 0.29) is 0 Å². The van der Waals surface area contributed by atoms with Gasteiger partial charge in [-0.25, -0.2) is 0 Å². The van der Waals surface area contributed by atoms with Gasteiger partial charge in [-0.05, 0) is 40.0 Å². The third kappa shape index (κ3) is 3.09. The normalized spacial score (nSPS) is 11.2. The molecule has 0 aromatic carbocycles. The maximum Gasteiger partial charge on any atom is 0.0409 e. The first kappa shape index (κ1) is 9.96. The largest absolute Gasteiger partial charge is 0.314 e. The van der Waals surface area contributed by atoms with E-state index < -0.39 is 0 Å². The van der Waals surface area contributed by atoms with Gasteiger partial charge < -0.3 is 5.32 Å². The molecule has 0 radical (unpaired) electrons. The van der Waals surface area contributed by atoms with Gasteiger partial charge >= 0.3 is 0 Å². The Morgan fingerprint density at radius 2 is 2.50 bits per heavy atom. The van der Waals surface area contributed by atoms with Crippen molar-refractivity contribution in [2.24, 2.45) is 0 Å². The van der Waals surface area contributed by atoms with Crippen molar-refractivity contribution in [2.45, 2.75) is 6.92 Å². The number of halogens is 1. The molecule has 0 unspecified atom stereocenters. The molecule has 1 aromatic heterocycles. The lowest BCUT2D eigenvalue weighted by molar-refractivity contribution is 0.801. The van der Waals surface area contributed by atoms with E-state index in [9.17, 15) is 0 Å². The average Bonchev–Trinajstić information content (AvgIpc) is 2.46. The summed E-state index contributed by atoms with van der Waals surface area (Å²) in [5.74, 6) is 0. The van der Waals surface area contributed by atoms with Crippen LogP contribution in [0.2, 0.25) is 0 Å². The van der Waals surface area contributed by atoms with E-state index in [0.29, 0.717) is 0 Å². The maximum atomic E-state index is 3.47. The van der Waals surface area contributed by atoms with E-state index in [0.717, 1.165) is 13.1 Å². The quantitative estimate of drug-likeness (QED) is 0.805. The molecule has 3 heteroatoms. The van der Waals surface area contributed by atoms with E-state index >= 15 is 0 Å². The van der Waals surface area contributed by atoms with Gasteiger partial charge in [-0.1, -0.05) is 13.0 Å². The van der Waals surface area contributed by atoms with Gasteiger partial charge in [-0.2, -0.15) is 0 Å². The van der Waals surface area contributed by atoms with Gasteiger partial charge in [-0.15, -0.1) is 11.3 Å². The van der Waals surface area contributed by atoms with Crippen LogP contribution in [0, 0.1) is 0 Å². The average molecular weight is 246 g/mol. The molecule has 1 nitrogen and oxygen atoms in total. The van der Waals surface area contributed by atoms with Gasteiger partial charge in [0.25, 0.3) is 0 Å². The second-order valence-corrected chi connectivity index (χ2v) is 4.14. The lowest BCUT2D eigenvalue weighted by atomic mass is 10.4. The Bertz CT molecular complexity index is 255. The number of hydrogen-bond acceptors (Lipinski definition) is 2. The van der Waals surface area contributed by atoms with E-state index in [2.05, 4.69) is 51.8 Å². The Labute approximate surface area is 85.6 Å². The summed E-state index contributed by atoms with van der Waals surface area (Å²) in [7, 11) is 0. The molecule has 1 aromatic rings. The molecule has 0 aliphatic carbocycles. The van der Waals surface area contributed by atoms with Crippen molar-refractivity contribution < 1.29 is 0 Å². The summed E-state index contributed by atoms with van der Waals surface area (Å²) in [4.78, 5) is 1.29. The first-order valence-electron chi connectivity index (χ1n) is 3.95. The highest BCUT2D eigenvalue weighted by Gasteiger charge is 1.94. The molecule has 0 spiro atoms. The molecular weight excluding hydrogens is 234 g/mol. The molecular formula is C9H12BrNS. The zero-order valence-corrected chi connectivity index (χ0v) is 9.41. The summed E-state index contributed by atoms with van der Waals surface area (Å²) in [5.41, 5.74) is 0. The zero-order valence-electron chi connectivity index (χ0n) is 7.01. The van der Waals surface area contributed by atoms with Crippen LogP contribution < -0.4 is 5.32 Å². The third-order valence-electron chi connectivity index (χ3n) is 1.43. The highest BCUT2D eigenvalue weighted by molar-refractivity contribution is 9.10. The summed E-state index contributed by atoms with van der Waals surface area (Å²) in [5, 5.41) is 5.31. The summed E-state index contributed by atoms with van der Waals surface area (Å²) in [6, 6.07) is 2.07. The summed E-state index contributed by atoms with van der Waals surface area (Å²) in [6.45, 7) is 4.08. The van der Waals surface area contributed by atoms with Crippen molar-refractivity contribution in [3.05, 3.63) is 26.9 Å². The molecule has 0 aliphatic heterocycles. The molecule has 0 fully saturated rings. The highest BCUT2D eigenvalue weighted by atomic mass is 79.9. The topological polar surface area (TPSA) is 12.0 Å². The predicted octanol–water partition coefficient (Wildman–Crippen LogP) is 3.13. The molecule has 1 N–H and O–H groups in total.